The molecule has 16 heavy (non-hydrogen) atoms. The van der Waals surface area contributed by atoms with Gasteiger partial charge in [0, 0.05) is 10.4 Å². The van der Waals surface area contributed by atoms with Crippen molar-refractivity contribution < 1.29 is 8.42 Å². The molecule has 0 saturated carbocycles. The van der Waals surface area contributed by atoms with Gasteiger partial charge in [0.1, 0.15) is 0 Å². The quantitative estimate of drug-likeness (QED) is 0.733. The predicted octanol–water partition coefficient (Wildman–Crippen LogP) is 2.28. The number of hydrogen-bond donors (Lipinski definition) is 0. The van der Waals surface area contributed by atoms with Crippen LogP contribution in [-0.4, -0.2) is 13.1 Å². The van der Waals surface area contributed by atoms with Crippen LogP contribution >= 0.6 is 11.3 Å². The number of thiophene rings is 1. The molecular weight excluding hydrogens is 246 g/mol. The first-order valence-corrected chi connectivity index (χ1v) is 6.42. The second-order valence-corrected chi connectivity index (χ2v) is 5.15. The summed E-state index contributed by atoms with van der Waals surface area (Å²) in [5.74, 6) is 0. The molecule has 0 N–H and O–H groups in total. The van der Waals surface area contributed by atoms with Crippen LogP contribution < -0.4 is 0 Å². The van der Waals surface area contributed by atoms with Crippen molar-refractivity contribution in [2.75, 3.05) is 0 Å². The van der Waals surface area contributed by atoms with Crippen LogP contribution in [0.3, 0.4) is 0 Å². The lowest BCUT2D eigenvalue weighted by Gasteiger charge is -2.11. The Bertz CT molecular complexity index is 687. The van der Waals surface area contributed by atoms with Crippen molar-refractivity contribution in [1.82, 2.24) is 4.73 Å². The minimum absolute atomic E-state index is 0.232. The normalized spacial score (nSPS) is 10.3. The van der Waals surface area contributed by atoms with Gasteiger partial charge in [-0.3, -0.25) is 0 Å². The number of aromatic nitrogens is 1. The average molecular weight is 254 g/mol. The van der Waals surface area contributed by atoms with Crippen molar-refractivity contribution in [3.63, 3.8) is 0 Å². The molecule has 2 aromatic heterocycles. The predicted molar refractivity (Wildman–Crippen MR) is 63.4 cm³/mol. The second kappa shape index (κ2) is 4.15. The maximum Gasteiger partial charge on any atom is 0.238 e. The average Bonchev–Trinajstić information content (AvgIpc) is 2.63. The third-order valence-corrected chi connectivity index (χ3v) is 3.78. The van der Waals surface area contributed by atoms with Crippen molar-refractivity contribution in [3.05, 3.63) is 44.5 Å². The molecule has 0 saturated heterocycles. The van der Waals surface area contributed by atoms with Crippen molar-refractivity contribution in [2.24, 2.45) is 0 Å². The van der Waals surface area contributed by atoms with E-state index < -0.39 is 10.3 Å². The first-order valence-electron chi connectivity index (χ1n) is 4.47. The molecule has 6 heteroatoms. The molecule has 2 heterocycles. The number of rotatable bonds is 1. The van der Waals surface area contributed by atoms with Crippen LogP contribution in [0.1, 0.15) is 4.88 Å². The molecule has 0 aromatic carbocycles. The van der Waals surface area contributed by atoms with Crippen LogP contribution in [0, 0.1) is 16.8 Å². The van der Waals surface area contributed by atoms with E-state index in [0.29, 0.717) is 10.3 Å². The third-order valence-electron chi connectivity index (χ3n) is 2.22. The molecule has 0 spiro atoms. The van der Waals surface area contributed by atoms with Crippen molar-refractivity contribution >= 4 is 21.6 Å². The van der Waals surface area contributed by atoms with E-state index in [0.717, 1.165) is 10.4 Å². The molecule has 0 amide bonds. The summed E-state index contributed by atoms with van der Waals surface area (Å²) in [5.41, 5.74) is 1.24. The summed E-state index contributed by atoms with van der Waals surface area (Å²) < 4.78 is 22.2. The van der Waals surface area contributed by atoms with E-state index in [1.807, 2.05) is 18.4 Å². The van der Waals surface area contributed by atoms with Crippen LogP contribution in [0.2, 0.25) is 0 Å². The number of pyridine rings is 1. The number of nitrogens with zero attached hydrogens (tertiary/aromatic N) is 1. The first-order chi connectivity index (χ1) is 7.61. The summed E-state index contributed by atoms with van der Waals surface area (Å²) in [6, 6.07) is 4.98. The van der Waals surface area contributed by atoms with Crippen LogP contribution in [0.5, 0.6) is 0 Å². The fraction of sp³-hybridized carbons (Fsp3) is 0.100. The third kappa shape index (κ3) is 1.77. The van der Waals surface area contributed by atoms with E-state index in [4.69, 9.17) is 0 Å². The van der Waals surface area contributed by atoms with Crippen molar-refractivity contribution in [3.8, 4) is 11.1 Å². The largest absolute Gasteiger partial charge is 0.805 e. The van der Waals surface area contributed by atoms with E-state index in [1.54, 1.807) is 6.07 Å². The SMILES string of the molecule is Cc1sccc1-c1cccn([O-])c1=S(=O)=O. The molecule has 0 unspecified atom stereocenters. The van der Waals surface area contributed by atoms with Gasteiger partial charge in [-0.05, 0) is 42.3 Å². The molecule has 0 aliphatic rings. The van der Waals surface area contributed by atoms with E-state index in [2.05, 4.69) is 0 Å². The molecular formula is C10H8NO3S2-. The Hall–Kier alpha value is -1.53. The highest BCUT2D eigenvalue weighted by atomic mass is 32.2. The summed E-state index contributed by atoms with van der Waals surface area (Å²) in [4.78, 5) is 0.984. The fourth-order valence-electron chi connectivity index (χ4n) is 1.51. The monoisotopic (exact) mass is 254 g/mol. The van der Waals surface area contributed by atoms with Crippen molar-refractivity contribution in [2.45, 2.75) is 6.92 Å². The van der Waals surface area contributed by atoms with Crippen LogP contribution in [0.4, 0.5) is 0 Å². The highest BCUT2D eigenvalue weighted by molar-refractivity contribution is 7.63. The molecule has 0 aliphatic carbocycles. The molecule has 2 aromatic rings. The Morgan fingerprint density at radius 1 is 1.31 bits per heavy atom. The fourth-order valence-corrected chi connectivity index (χ4v) is 2.79. The lowest BCUT2D eigenvalue weighted by atomic mass is 10.1. The van der Waals surface area contributed by atoms with Gasteiger partial charge in [0.15, 0.2) is 4.64 Å². The Labute approximate surface area is 97.5 Å². The minimum Gasteiger partial charge on any atom is -0.805 e. The molecule has 0 fully saturated rings. The van der Waals surface area contributed by atoms with Gasteiger partial charge in [0.2, 0.25) is 10.3 Å². The summed E-state index contributed by atoms with van der Waals surface area (Å²) in [5, 5.41) is 13.3. The van der Waals surface area contributed by atoms with E-state index in [-0.39, 0.29) is 4.64 Å². The van der Waals surface area contributed by atoms with Crippen molar-refractivity contribution in [1.29, 1.82) is 0 Å². The smallest absolute Gasteiger partial charge is 0.238 e. The second-order valence-electron chi connectivity index (χ2n) is 3.18. The highest BCUT2D eigenvalue weighted by Gasteiger charge is 2.06. The van der Waals surface area contributed by atoms with E-state index in [9.17, 15) is 13.6 Å². The Balaban J connectivity index is 2.94. The van der Waals surface area contributed by atoms with E-state index >= 15 is 0 Å². The lowest BCUT2D eigenvalue weighted by molar-refractivity contribution is 0.623. The maximum absolute atomic E-state index is 11.4. The zero-order valence-electron chi connectivity index (χ0n) is 8.38. The molecule has 0 aliphatic heterocycles. The Morgan fingerprint density at radius 3 is 2.62 bits per heavy atom. The maximum atomic E-state index is 11.4. The molecule has 2 rings (SSSR count). The van der Waals surface area contributed by atoms with Crippen LogP contribution in [0.25, 0.3) is 11.1 Å². The van der Waals surface area contributed by atoms with Crippen LogP contribution in [0.15, 0.2) is 29.8 Å². The molecule has 0 bridgehead atoms. The molecule has 84 valence electrons. The van der Waals surface area contributed by atoms with Gasteiger partial charge in [-0.1, -0.05) is 0 Å². The number of aryl methyl sites for hydroxylation is 1. The zero-order chi connectivity index (χ0) is 11.7. The number of hydrogen-bond acceptors (Lipinski definition) is 4. The highest BCUT2D eigenvalue weighted by Crippen LogP contribution is 2.27. The first kappa shape index (κ1) is 11.0. The summed E-state index contributed by atoms with van der Waals surface area (Å²) in [6.07, 6.45) is 1.18. The Morgan fingerprint density at radius 2 is 2.06 bits per heavy atom. The molecule has 0 atom stereocenters. The van der Waals surface area contributed by atoms with Crippen LogP contribution in [-0.2, 0) is 10.3 Å². The summed E-state index contributed by atoms with van der Waals surface area (Å²) in [6.45, 7) is 1.89. The van der Waals surface area contributed by atoms with E-state index in [1.165, 1.54) is 23.6 Å². The van der Waals surface area contributed by atoms with Gasteiger partial charge in [-0.2, -0.15) is 8.42 Å². The van der Waals surface area contributed by atoms with Gasteiger partial charge in [-0.15, -0.1) is 11.3 Å². The Kier molecular flexibility index (Phi) is 2.84. The molecule has 4 nitrogen and oxygen atoms in total. The lowest BCUT2D eigenvalue weighted by Crippen LogP contribution is -1.94. The van der Waals surface area contributed by atoms with Gasteiger partial charge in [0.05, 0.1) is 0 Å². The zero-order valence-corrected chi connectivity index (χ0v) is 10.0. The summed E-state index contributed by atoms with van der Waals surface area (Å²) >= 11 is 1.51. The molecule has 0 radical (unpaired) electrons. The van der Waals surface area contributed by atoms with Gasteiger partial charge in [0.25, 0.3) is 0 Å². The summed E-state index contributed by atoms with van der Waals surface area (Å²) in [7, 11) is -2.54. The van der Waals surface area contributed by atoms with Gasteiger partial charge < -0.3 is 9.94 Å². The topological polar surface area (TPSA) is 62.1 Å². The van der Waals surface area contributed by atoms with Gasteiger partial charge >= 0.3 is 0 Å². The minimum atomic E-state index is -2.54. The van der Waals surface area contributed by atoms with Gasteiger partial charge in [-0.25, -0.2) is 0 Å². The standard InChI is InChI=1S/C10H8NO3S2/c1-7-8(4-6-15-7)9-3-2-5-11(12)10(9)16(13)14/h2-6H,1H3/q-1.